The van der Waals surface area contributed by atoms with Crippen molar-refractivity contribution in [3.8, 4) is 10.6 Å². The molecule has 7 heteroatoms. The highest BCUT2D eigenvalue weighted by atomic mass is 35.5. The number of azo groups is 1. The molecule has 1 aliphatic heterocycles. The van der Waals surface area contributed by atoms with Crippen LogP contribution in [-0.2, 0) is 7.05 Å². The largest absolute Gasteiger partial charge is 0.336 e. The fourth-order valence-corrected chi connectivity index (χ4v) is 5.91. The molecule has 4 aromatic rings. The second kappa shape index (κ2) is 7.87. The molecule has 0 fully saturated rings. The van der Waals surface area contributed by atoms with Crippen molar-refractivity contribution < 1.29 is 4.57 Å². The highest BCUT2D eigenvalue weighted by Crippen LogP contribution is 2.47. The average molecular weight is 450 g/mol. The zero-order valence-corrected chi connectivity index (χ0v) is 18.8. The van der Waals surface area contributed by atoms with Gasteiger partial charge in [-0.1, -0.05) is 59.0 Å². The van der Waals surface area contributed by atoms with Gasteiger partial charge in [0.05, 0.1) is 16.9 Å². The van der Waals surface area contributed by atoms with Crippen LogP contribution in [-0.4, -0.2) is 7.05 Å². The van der Waals surface area contributed by atoms with Gasteiger partial charge in [-0.2, -0.15) is 4.57 Å². The fraction of sp³-hybridized carbons (Fsp3) is 0.0870. The first kappa shape index (κ1) is 19.3. The summed E-state index contributed by atoms with van der Waals surface area (Å²) in [6, 6.07) is 24.7. The van der Waals surface area contributed by atoms with Gasteiger partial charge in [0.1, 0.15) is 16.8 Å². The molecule has 0 spiro atoms. The number of rotatable bonds is 3. The lowest BCUT2D eigenvalue weighted by Gasteiger charge is -2.13. The summed E-state index contributed by atoms with van der Waals surface area (Å²) in [4.78, 5) is 3.22. The Bertz CT molecular complexity index is 1310. The maximum atomic E-state index is 6.47. The molecule has 5 rings (SSSR count). The average Bonchev–Trinajstić information content (AvgIpc) is 3.30. The first-order chi connectivity index (χ1) is 14.6. The first-order valence-electron chi connectivity index (χ1n) is 9.42. The Morgan fingerprint density at radius 1 is 0.967 bits per heavy atom. The lowest BCUT2D eigenvalue weighted by molar-refractivity contribution is -0.629. The number of fused-ring (bicyclic) bond motifs is 2. The van der Waals surface area contributed by atoms with Gasteiger partial charge in [0.2, 0.25) is 5.52 Å². The SMILES string of the molecule is CN1/C(=C(\Cl)N=Nc2ccc(-c3sc4ccccc4[n+]3C)cc2)Sc2ccccc21. The van der Waals surface area contributed by atoms with E-state index < -0.39 is 0 Å². The summed E-state index contributed by atoms with van der Waals surface area (Å²) >= 11 is 9.86. The number of hydrogen-bond donors (Lipinski definition) is 0. The van der Waals surface area contributed by atoms with Crippen LogP contribution in [0.2, 0.25) is 0 Å². The first-order valence-corrected chi connectivity index (χ1v) is 11.4. The Balaban J connectivity index is 1.39. The molecular weight excluding hydrogens is 432 g/mol. The minimum atomic E-state index is 0.388. The molecule has 0 saturated heterocycles. The predicted octanol–water partition coefficient (Wildman–Crippen LogP) is 7.08. The van der Waals surface area contributed by atoms with Crippen LogP contribution in [0.25, 0.3) is 20.8 Å². The van der Waals surface area contributed by atoms with E-state index in [0.29, 0.717) is 5.16 Å². The van der Waals surface area contributed by atoms with Gasteiger partial charge in [-0.15, -0.1) is 10.2 Å². The van der Waals surface area contributed by atoms with Crippen LogP contribution in [0, 0.1) is 0 Å². The number of thiazole rings is 1. The molecule has 0 unspecified atom stereocenters. The van der Waals surface area contributed by atoms with Crippen LogP contribution in [0.3, 0.4) is 0 Å². The zero-order valence-electron chi connectivity index (χ0n) is 16.4. The molecule has 0 radical (unpaired) electrons. The smallest absolute Gasteiger partial charge is 0.269 e. The van der Waals surface area contributed by atoms with E-state index in [1.807, 2.05) is 36.2 Å². The fourth-order valence-electron chi connectivity index (χ4n) is 3.45. The Hall–Kier alpha value is -2.67. The Labute approximate surface area is 188 Å². The number of aryl methyl sites for hydroxylation is 1. The third-order valence-corrected chi connectivity index (χ3v) is 7.88. The monoisotopic (exact) mass is 449 g/mol. The summed E-state index contributed by atoms with van der Waals surface area (Å²) in [5.41, 5.74) is 4.29. The highest BCUT2D eigenvalue weighted by molar-refractivity contribution is 8.03. The van der Waals surface area contributed by atoms with E-state index in [2.05, 4.69) is 70.4 Å². The molecule has 0 bridgehead atoms. The van der Waals surface area contributed by atoms with E-state index in [1.165, 1.54) is 20.1 Å². The number of para-hydroxylation sites is 2. The van der Waals surface area contributed by atoms with Gasteiger partial charge >= 0.3 is 0 Å². The van der Waals surface area contributed by atoms with Crippen molar-refractivity contribution in [1.82, 2.24) is 0 Å². The number of thioether (sulfide) groups is 1. The number of benzene rings is 3. The van der Waals surface area contributed by atoms with Gasteiger partial charge in [-0.3, -0.25) is 0 Å². The van der Waals surface area contributed by atoms with Crippen molar-refractivity contribution in [2.45, 2.75) is 4.90 Å². The van der Waals surface area contributed by atoms with Gasteiger partial charge in [0.15, 0.2) is 5.16 Å². The number of hydrogen-bond acceptors (Lipinski definition) is 5. The quantitative estimate of drug-likeness (QED) is 0.190. The maximum absolute atomic E-state index is 6.47. The van der Waals surface area contributed by atoms with Crippen LogP contribution < -0.4 is 9.47 Å². The van der Waals surface area contributed by atoms with E-state index in [1.54, 1.807) is 23.1 Å². The maximum Gasteiger partial charge on any atom is 0.269 e. The van der Waals surface area contributed by atoms with Crippen molar-refractivity contribution in [2.24, 2.45) is 17.3 Å². The molecule has 0 N–H and O–H groups in total. The molecular formula is C23H18ClN4S2+. The molecule has 1 aromatic heterocycles. The molecule has 148 valence electrons. The van der Waals surface area contributed by atoms with Crippen molar-refractivity contribution in [1.29, 1.82) is 0 Å². The molecule has 0 atom stereocenters. The number of halogens is 1. The van der Waals surface area contributed by atoms with E-state index in [9.17, 15) is 0 Å². The van der Waals surface area contributed by atoms with E-state index in [-0.39, 0.29) is 0 Å². The van der Waals surface area contributed by atoms with Crippen molar-refractivity contribution in [2.75, 3.05) is 11.9 Å². The van der Waals surface area contributed by atoms with Gasteiger partial charge in [-0.25, -0.2) is 0 Å². The molecule has 0 aliphatic carbocycles. The van der Waals surface area contributed by atoms with E-state index in [0.717, 1.165) is 22.0 Å². The van der Waals surface area contributed by atoms with Crippen LogP contribution >= 0.6 is 34.7 Å². The number of anilines is 1. The topological polar surface area (TPSA) is 31.8 Å². The van der Waals surface area contributed by atoms with Gasteiger partial charge in [-0.05, 0) is 42.5 Å². The number of aromatic nitrogens is 1. The van der Waals surface area contributed by atoms with Crippen molar-refractivity contribution >= 4 is 56.3 Å². The molecule has 0 amide bonds. The number of nitrogens with zero attached hydrogens (tertiary/aromatic N) is 4. The Kier molecular flexibility index (Phi) is 5.06. The third kappa shape index (κ3) is 3.41. The minimum Gasteiger partial charge on any atom is -0.336 e. The molecule has 30 heavy (non-hydrogen) atoms. The van der Waals surface area contributed by atoms with E-state index >= 15 is 0 Å². The van der Waals surface area contributed by atoms with Gasteiger partial charge in [0.25, 0.3) is 5.01 Å². The molecule has 0 saturated carbocycles. The summed E-state index contributed by atoms with van der Waals surface area (Å²) in [7, 11) is 4.09. The lowest BCUT2D eigenvalue weighted by atomic mass is 10.2. The van der Waals surface area contributed by atoms with Crippen LogP contribution in [0.4, 0.5) is 11.4 Å². The van der Waals surface area contributed by atoms with Crippen LogP contribution in [0.15, 0.2) is 98.1 Å². The summed E-state index contributed by atoms with van der Waals surface area (Å²) in [5, 5.41) is 11.1. The Morgan fingerprint density at radius 3 is 2.47 bits per heavy atom. The lowest BCUT2D eigenvalue weighted by Crippen LogP contribution is -2.28. The second-order valence-electron chi connectivity index (χ2n) is 6.91. The van der Waals surface area contributed by atoms with Crippen molar-refractivity contribution in [3.63, 3.8) is 0 Å². The highest BCUT2D eigenvalue weighted by Gasteiger charge is 2.24. The van der Waals surface area contributed by atoms with Crippen LogP contribution in [0.5, 0.6) is 0 Å². The third-order valence-electron chi connectivity index (χ3n) is 5.02. The second-order valence-corrected chi connectivity index (χ2v) is 9.32. The Morgan fingerprint density at radius 2 is 1.70 bits per heavy atom. The molecule has 3 aromatic carbocycles. The van der Waals surface area contributed by atoms with Crippen molar-refractivity contribution in [3.05, 3.63) is 83.0 Å². The molecule has 1 aliphatic rings. The summed E-state index contributed by atoms with van der Waals surface area (Å²) in [6.45, 7) is 0. The predicted molar refractivity (Wildman–Crippen MR) is 127 cm³/mol. The normalized spacial score (nSPS) is 15.2. The minimum absolute atomic E-state index is 0.388. The molecule has 4 nitrogen and oxygen atoms in total. The van der Waals surface area contributed by atoms with E-state index in [4.69, 9.17) is 11.6 Å². The summed E-state index contributed by atoms with van der Waals surface area (Å²) < 4.78 is 3.50. The summed E-state index contributed by atoms with van der Waals surface area (Å²) in [5.74, 6) is 0. The zero-order chi connectivity index (χ0) is 20.7. The standard InChI is InChI=1S/C23H18ClN4S2/c1-27-17-7-3-5-9-19(17)29-22(27)15-11-13-16(14-12-15)25-26-21(24)23-28(2)18-8-4-6-10-20(18)30-23/h3-14H,1-2H3/q+1. The summed E-state index contributed by atoms with van der Waals surface area (Å²) in [6.07, 6.45) is 0. The molecule has 2 heterocycles. The van der Waals surface area contributed by atoms with Crippen LogP contribution in [0.1, 0.15) is 0 Å². The van der Waals surface area contributed by atoms with Gasteiger partial charge < -0.3 is 4.90 Å². The van der Waals surface area contributed by atoms with Gasteiger partial charge in [0, 0.05) is 18.0 Å².